The fourth-order valence-corrected chi connectivity index (χ4v) is 3.14. The fourth-order valence-electron chi connectivity index (χ4n) is 3.14. The van der Waals surface area contributed by atoms with Crippen molar-refractivity contribution in [2.75, 3.05) is 0 Å². The van der Waals surface area contributed by atoms with Gasteiger partial charge in [-0.2, -0.15) is 10.2 Å². The van der Waals surface area contributed by atoms with Crippen molar-refractivity contribution in [1.82, 2.24) is 0 Å². The van der Waals surface area contributed by atoms with Crippen LogP contribution in [0.15, 0.2) is 105 Å². The summed E-state index contributed by atoms with van der Waals surface area (Å²) in [6, 6.07) is 28.0. The third-order valence-electron chi connectivity index (χ3n) is 4.63. The SMILES string of the molecule is NC(=N\N=C\c1cccc2ccccc12)/C(N)=N/N=C/c1cccc2ccccc12. The lowest BCUT2D eigenvalue weighted by atomic mass is 10.1. The van der Waals surface area contributed by atoms with Gasteiger partial charge in [-0.05, 0) is 21.5 Å². The summed E-state index contributed by atoms with van der Waals surface area (Å²) in [5.74, 6) is 0.00288. The Morgan fingerprint density at radius 1 is 0.533 bits per heavy atom. The zero-order chi connectivity index (χ0) is 20.8. The van der Waals surface area contributed by atoms with Crippen molar-refractivity contribution < 1.29 is 0 Å². The quantitative estimate of drug-likeness (QED) is 0.311. The number of hydrogen-bond acceptors (Lipinski definition) is 4. The van der Waals surface area contributed by atoms with E-state index in [1.54, 1.807) is 12.4 Å². The molecule has 0 atom stereocenters. The van der Waals surface area contributed by atoms with Crippen LogP contribution in [0.25, 0.3) is 21.5 Å². The molecule has 6 nitrogen and oxygen atoms in total. The van der Waals surface area contributed by atoms with Gasteiger partial charge in [-0.1, -0.05) is 84.9 Å². The van der Waals surface area contributed by atoms with Crippen LogP contribution in [-0.2, 0) is 0 Å². The molecule has 0 radical (unpaired) electrons. The zero-order valence-electron chi connectivity index (χ0n) is 16.2. The Hall–Kier alpha value is -4.32. The number of nitrogens with two attached hydrogens (primary N) is 2. The van der Waals surface area contributed by atoms with Crippen molar-refractivity contribution in [3.8, 4) is 0 Å². The second-order valence-electron chi connectivity index (χ2n) is 6.60. The second kappa shape index (κ2) is 8.79. The highest BCUT2D eigenvalue weighted by Gasteiger charge is 2.00. The first-order chi connectivity index (χ1) is 14.7. The van der Waals surface area contributed by atoms with E-state index >= 15 is 0 Å². The molecule has 30 heavy (non-hydrogen) atoms. The van der Waals surface area contributed by atoms with E-state index in [4.69, 9.17) is 11.5 Å². The van der Waals surface area contributed by atoms with Gasteiger partial charge in [0.05, 0.1) is 12.4 Å². The van der Waals surface area contributed by atoms with Gasteiger partial charge in [0, 0.05) is 11.1 Å². The summed E-state index contributed by atoms with van der Waals surface area (Å²) in [6.45, 7) is 0. The number of benzene rings is 4. The smallest absolute Gasteiger partial charge is 0.190 e. The van der Waals surface area contributed by atoms with Crippen LogP contribution in [0.5, 0.6) is 0 Å². The molecule has 0 saturated carbocycles. The predicted octanol–water partition coefficient (Wildman–Crippen LogP) is 4.08. The Morgan fingerprint density at radius 3 is 1.40 bits per heavy atom. The van der Waals surface area contributed by atoms with Crippen molar-refractivity contribution >= 4 is 45.6 Å². The van der Waals surface area contributed by atoms with Crippen molar-refractivity contribution in [3.63, 3.8) is 0 Å². The summed E-state index contributed by atoms with van der Waals surface area (Å²) in [6.07, 6.45) is 3.28. The fraction of sp³-hybridized carbons (Fsp3) is 0. The number of nitrogens with zero attached hydrogens (tertiary/aromatic N) is 4. The monoisotopic (exact) mass is 392 g/mol. The molecule has 146 valence electrons. The summed E-state index contributed by atoms with van der Waals surface area (Å²) in [5, 5.41) is 20.4. The molecule has 6 heteroatoms. The number of hydrogen-bond donors (Lipinski definition) is 2. The van der Waals surface area contributed by atoms with Gasteiger partial charge in [0.2, 0.25) is 0 Å². The summed E-state index contributed by atoms with van der Waals surface area (Å²) in [7, 11) is 0. The Bertz CT molecular complexity index is 1200. The van der Waals surface area contributed by atoms with Crippen LogP contribution in [0, 0.1) is 0 Å². The first kappa shape index (κ1) is 19.0. The Kier molecular flexibility index (Phi) is 5.57. The maximum Gasteiger partial charge on any atom is 0.190 e. The van der Waals surface area contributed by atoms with Crippen molar-refractivity contribution in [3.05, 3.63) is 96.1 Å². The molecular weight excluding hydrogens is 372 g/mol. The average Bonchev–Trinajstić information content (AvgIpc) is 2.79. The Morgan fingerprint density at radius 2 is 0.933 bits per heavy atom. The molecule has 0 aromatic heterocycles. The average molecular weight is 392 g/mol. The summed E-state index contributed by atoms with van der Waals surface area (Å²) >= 11 is 0. The maximum atomic E-state index is 5.87. The Labute approximate surface area is 174 Å². The standard InChI is InChI=1S/C24H20N6/c25-23(29-27-15-19-11-5-9-17-7-1-3-13-21(17)19)24(26)30-28-16-20-12-6-10-18-8-2-4-14-22(18)20/h1-16H,(H2,25,29)(H2,26,30)/b27-15+,28-16+. The highest BCUT2D eigenvalue weighted by Crippen LogP contribution is 2.17. The van der Waals surface area contributed by atoms with Gasteiger partial charge in [-0.25, -0.2) is 0 Å². The molecule has 0 aliphatic carbocycles. The molecule has 4 aromatic rings. The van der Waals surface area contributed by atoms with Crippen molar-refractivity contribution in [2.24, 2.45) is 31.9 Å². The first-order valence-electron chi connectivity index (χ1n) is 9.41. The minimum Gasteiger partial charge on any atom is -0.379 e. The van der Waals surface area contributed by atoms with Gasteiger partial charge in [-0.3, -0.25) is 0 Å². The van der Waals surface area contributed by atoms with E-state index in [9.17, 15) is 0 Å². The molecule has 0 amide bonds. The third kappa shape index (κ3) is 4.23. The van der Waals surface area contributed by atoms with Gasteiger partial charge in [0.1, 0.15) is 0 Å². The summed E-state index contributed by atoms with van der Waals surface area (Å²) in [4.78, 5) is 0. The van der Waals surface area contributed by atoms with E-state index in [0.29, 0.717) is 0 Å². The van der Waals surface area contributed by atoms with Crippen LogP contribution >= 0.6 is 0 Å². The normalized spacial score (nSPS) is 13.1. The van der Waals surface area contributed by atoms with E-state index in [-0.39, 0.29) is 11.7 Å². The minimum absolute atomic E-state index is 0.00144. The molecule has 0 saturated heterocycles. The number of rotatable bonds is 4. The maximum absolute atomic E-state index is 5.87. The van der Waals surface area contributed by atoms with Crippen LogP contribution in [-0.4, -0.2) is 24.1 Å². The van der Waals surface area contributed by atoms with Gasteiger partial charge in [0.15, 0.2) is 11.7 Å². The summed E-state index contributed by atoms with van der Waals surface area (Å²) in [5.41, 5.74) is 13.6. The van der Waals surface area contributed by atoms with E-state index in [1.165, 1.54) is 0 Å². The molecule has 0 heterocycles. The van der Waals surface area contributed by atoms with E-state index in [1.807, 2.05) is 84.9 Å². The number of fused-ring (bicyclic) bond motifs is 2. The molecule has 4 aromatic carbocycles. The molecule has 4 N–H and O–H groups in total. The third-order valence-corrected chi connectivity index (χ3v) is 4.63. The molecule has 0 spiro atoms. The molecule has 0 aliphatic rings. The molecule has 0 fully saturated rings. The lowest BCUT2D eigenvalue weighted by molar-refractivity contribution is 1.21. The van der Waals surface area contributed by atoms with Gasteiger partial charge in [0.25, 0.3) is 0 Å². The molecular formula is C24H20N6. The topological polar surface area (TPSA) is 101 Å². The largest absolute Gasteiger partial charge is 0.379 e. The van der Waals surface area contributed by atoms with Crippen molar-refractivity contribution in [2.45, 2.75) is 0 Å². The molecule has 4 rings (SSSR count). The van der Waals surface area contributed by atoms with Crippen LogP contribution in [0.2, 0.25) is 0 Å². The highest BCUT2D eigenvalue weighted by molar-refractivity contribution is 6.39. The Balaban J connectivity index is 1.50. The van der Waals surface area contributed by atoms with Gasteiger partial charge >= 0.3 is 0 Å². The van der Waals surface area contributed by atoms with Crippen LogP contribution in [0.1, 0.15) is 11.1 Å². The molecule has 0 aliphatic heterocycles. The first-order valence-corrected chi connectivity index (χ1v) is 9.41. The van der Waals surface area contributed by atoms with E-state index < -0.39 is 0 Å². The van der Waals surface area contributed by atoms with Gasteiger partial charge < -0.3 is 11.5 Å². The minimum atomic E-state index is 0.00144. The molecule has 0 bridgehead atoms. The lowest BCUT2D eigenvalue weighted by Crippen LogP contribution is -2.30. The zero-order valence-corrected chi connectivity index (χ0v) is 16.2. The predicted molar refractivity (Wildman–Crippen MR) is 126 cm³/mol. The van der Waals surface area contributed by atoms with Crippen molar-refractivity contribution in [1.29, 1.82) is 0 Å². The second-order valence-corrected chi connectivity index (χ2v) is 6.60. The van der Waals surface area contributed by atoms with Crippen LogP contribution < -0.4 is 11.5 Å². The highest BCUT2D eigenvalue weighted by atomic mass is 15.3. The van der Waals surface area contributed by atoms with E-state index in [2.05, 4.69) is 20.4 Å². The lowest BCUT2D eigenvalue weighted by Gasteiger charge is -2.00. The van der Waals surface area contributed by atoms with E-state index in [0.717, 1.165) is 32.7 Å². The molecule has 0 unspecified atom stereocenters. The van der Waals surface area contributed by atoms with Gasteiger partial charge in [-0.15, -0.1) is 10.2 Å². The summed E-state index contributed by atoms with van der Waals surface area (Å²) < 4.78 is 0. The number of amidine groups is 2. The van der Waals surface area contributed by atoms with Crippen LogP contribution in [0.3, 0.4) is 0 Å². The van der Waals surface area contributed by atoms with Crippen LogP contribution in [0.4, 0.5) is 0 Å².